The molecule has 12 heteroatoms. The predicted molar refractivity (Wildman–Crippen MR) is 94.7 cm³/mol. The van der Waals surface area contributed by atoms with Crippen molar-refractivity contribution in [2.45, 2.75) is 19.5 Å². The molecule has 0 fully saturated rings. The first kappa shape index (κ1) is 21.4. The summed E-state index contributed by atoms with van der Waals surface area (Å²) in [5.74, 6) is -2.28. The number of nitrogens with zero attached hydrogens (tertiary/aromatic N) is 3. The molecule has 0 amide bonds. The maximum atomic E-state index is 14.1. The summed E-state index contributed by atoms with van der Waals surface area (Å²) < 4.78 is 84.8. The highest BCUT2D eigenvalue weighted by molar-refractivity contribution is 5.99. The minimum atomic E-state index is -4.83. The van der Waals surface area contributed by atoms with Gasteiger partial charge in [0.2, 0.25) is 11.8 Å². The number of carbonyl (C=O) groups excluding carboxylic acids is 1. The number of benzene rings is 1. The van der Waals surface area contributed by atoms with Crippen LogP contribution in [0.2, 0.25) is 0 Å². The second-order valence-electron chi connectivity index (χ2n) is 6.22. The van der Waals surface area contributed by atoms with E-state index in [4.69, 9.17) is 4.74 Å². The highest BCUT2D eigenvalue weighted by Gasteiger charge is 2.35. The van der Waals surface area contributed by atoms with Gasteiger partial charge < -0.3 is 10.1 Å². The summed E-state index contributed by atoms with van der Waals surface area (Å²) in [7, 11) is 1.36. The topological polar surface area (TPSA) is 69.0 Å². The fraction of sp³-hybridized carbons (Fsp3) is 0.278. The molecule has 0 aliphatic heterocycles. The normalized spacial score (nSPS) is 11.9. The summed E-state index contributed by atoms with van der Waals surface area (Å²) in [6.07, 6.45) is -7.64. The van der Waals surface area contributed by atoms with Crippen LogP contribution in [0.15, 0.2) is 24.3 Å². The number of ketones is 1. The Labute approximate surface area is 165 Å². The second kappa shape index (κ2) is 7.84. The highest BCUT2D eigenvalue weighted by Crippen LogP contribution is 2.37. The predicted octanol–water partition coefficient (Wildman–Crippen LogP) is 4.72. The molecular weight excluding hydrogens is 418 g/mol. The Bertz CT molecular complexity index is 1110. The molecule has 0 saturated heterocycles. The van der Waals surface area contributed by atoms with Crippen LogP contribution in [-0.4, -0.2) is 33.4 Å². The lowest BCUT2D eigenvalue weighted by molar-refractivity contribution is -0.137. The number of hydrogen-bond acceptors (Lipinski definition) is 5. The van der Waals surface area contributed by atoms with Crippen LogP contribution in [0.25, 0.3) is 11.2 Å². The highest BCUT2D eigenvalue weighted by atomic mass is 19.4. The first-order chi connectivity index (χ1) is 14.0. The van der Waals surface area contributed by atoms with E-state index in [1.54, 1.807) is 0 Å². The number of Topliss-reactive ketones (excluding diaryl/α,β-unsaturated/α-hetero) is 1. The van der Waals surface area contributed by atoms with Crippen molar-refractivity contribution >= 4 is 28.6 Å². The van der Waals surface area contributed by atoms with Crippen molar-refractivity contribution in [3.05, 3.63) is 41.2 Å². The quantitative estimate of drug-likeness (QED) is 0.451. The number of imidazole rings is 1. The molecule has 0 aliphatic carbocycles. The Morgan fingerprint density at radius 2 is 1.97 bits per heavy atom. The number of fused-ring (bicyclic) bond motifs is 1. The van der Waals surface area contributed by atoms with E-state index in [0.29, 0.717) is 6.07 Å². The molecule has 0 unspecified atom stereocenters. The molecule has 3 aromatic rings. The van der Waals surface area contributed by atoms with Gasteiger partial charge in [0.05, 0.1) is 16.8 Å². The molecule has 1 aromatic carbocycles. The van der Waals surface area contributed by atoms with E-state index in [-0.39, 0.29) is 28.6 Å². The molecule has 0 atom stereocenters. The lowest BCUT2D eigenvalue weighted by atomic mass is 10.1. The average molecular weight is 432 g/mol. The van der Waals surface area contributed by atoms with Gasteiger partial charge in [0.25, 0.3) is 6.43 Å². The van der Waals surface area contributed by atoms with Crippen molar-refractivity contribution in [1.82, 2.24) is 14.5 Å². The van der Waals surface area contributed by atoms with Gasteiger partial charge in [0.15, 0.2) is 18.0 Å². The van der Waals surface area contributed by atoms with Crippen molar-refractivity contribution in [3.8, 4) is 5.88 Å². The second-order valence-corrected chi connectivity index (χ2v) is 6.22. The van der Waals surface area contributed by atoms with Crippen LogP contribution in [-0.2, 0) is 13.2 Å². The first-order valence-electron chi connectivity index (χ1n) is 8.41. The molecule has 160 valence electrons. The Kier molecular flexibility index (Phi) is 5.59. The van der Waals surface area contributed by atoms with E-state index in [0.717, 1.165) is 19.1 Å². The third kappa shape index (κ3) is 4.16. The zero-order valence-electron chi connectivity index (χ0n) is 15.5. The number of rotatable bonds is 6. The van der Waals surface area contributed by atoms with Gasteiger partial charge in [-0.25, -0.2) is 18.2 Å². The van der Waals surface area contributed by atoms with Gasteiger partial charge in [-0.3, -0.25) is 9.36 Å². The summed E-state index contributed by atoms with van der Waals surface area (Å²) in [4.78, 5) is 19.8. The van der Waals surface area contributed by atoms with E-state index < -0.39 is 42.1 Å². The molecule has 0 radical (unpaired) electrons. The number of alkyl halides is 5. The number of aromatic nitrogens is 3. The van der Waals surface area contributed by atoms with E-state index in [1.165, 1.54) is 17.7 Å². The standard InChI is InChI=1S/C18H14F6N4O2/c1-8(29)9-6-12-15(27-16(9)30-7-13(20)21)28(2)17(25-12)26-14-10(18(22,23)24)4-3-5-11(14)19/h3-6,13H,7H2,1-2H3,(H,25,26). The number of para-hydroxylation sites is 1. The Morgan fingerprint density at radius 3 is 2.57 bits per heavy atom. The van der Waals surface area contributed by atoms with E-state index in [9.17, 15) is 31.1 Å². The monoisotopic (exact) mass is 432 g/mol. The maximum absolute atomic E-state index is 14.1. The largest absolute Gasteiger partial charge is 0.471 e. The summed E-state index contributed by atoms with van der Waals surface area (Å²) in [5.41, 5.74) is -2.12. The van der Waals surface area contributed by atoms with Crippen molar-refractivity contribution < 1.29 is 35.9 Å². The van der Waals surface area contributed by atoms with E-state index >= 15 is 0 Å². The number of hydrogen-bond donors (Lipinski definition) is 1. The molecule has 6 nitrogen and oxygen atoms in total. The SMILES string of the molecule is CC(=O)c1cc2nc(Nc3c(F)cccc3C(F)(F)F)n(C)c2nc1OCC(F)F. The number of nitrogens with one attached hydrogen (secondary N) is 1. The fourth-order valence-electron chi connectivity index (χ4n) is 2.71. The van der Waals surface area contributed by atoms with Crippen molar-refractivity contribution in [1.29, 1.82) is 0 Å². The third-order valence-corrected chi connectivity index (χ3v) is 4.09. The molecule has 2 aromatic heterocycles. The maximum Gasteiger partial charge on any atom is 0.418 e. The number of halogens is 6. The minimum absolute atomic E-state index is 0.0247. The molecule has 3 rings (SSSR count). The summed E-state index contributed by atoms with van der Waals surface area (Å²) in [5, 5.41) is 2.29. The zero-order valence-corrected chi connectivity index (χ0v) is 15.5. The van der Waals surface area contributed by atoms with Crippen LogP contribution >= 0.6 is 0 Å². The molecule has 30 heavy (non-hydrogen) atoms. The van der Waals surface area contributed by atoms with E-state index in [1.807, 2.05) is 0 Å². The number of ether oxygens (including phenoxy) is 1. The molecule has 0 saturated carbocycles. The molecule has 1 N–H and O–H groups in total. The smallest absolute Gasteiger partial charge is 0.418 e. The minimum Gasteiger partial charge on any atom is -0.471 e. The Hall–Kier alpha value is -3.31. The average Bonchev–Trinajstić information content (AvgIpc) is 2.95. The van der Waals surface area contributed by atoms with Crippen LogP contribution in [0, 0.1) is 5.82 Å². The van der Waals surface area contributed by atoms with Crippen LogP contribution in [0.3, 0.4) is 0 Å². The summed E-state index contributed by atoms with van der Waals surface area (Å²) in [6, 6.07) is 3.69. The third-order valence-electron chi connectivity index (χ3n) is 4.09. The molecule has 0 spiro atoms. The zero-order chi connectivity index (χ0) is 22.2. The van der Waals surface area contributed by atoms with Gasteiger partial charge in [-0.15, -0.1) is 0 Å². The fourth-order valence-corrected chi connectivity index (χ4v) is 2.71. The Balaban J connectivity index is 2.10. The van der Waals surface area contributed by atoms with E-state index in [2.05, 4.69) is 15.3 Å². The van der Waals surface area contributed by atoms with Crippen molar-refractivity contribution in [3.63, 3.8) is 0 Å². The summed E-state index contributed by atoms with van der Waals surface area (Å²) in [6.45, 7) is 0.154. The van der Waals surface area contributed by atoms with Gasteiger partial charge in [0, 0.05) is 7.05 Å². The Morgan fingerprint density at radius 1 is 1.27 bits per heavy atom. The number of pyridine rings is 1. The van der Waals surface area contributed by atoms with Crippen LogP contribution < -0.4 is 10.1 Å². The van der Waals surface area contributed by atoms with Gasteiger partial charge in [-0.2, -0.15) is 18.2 Å². The van der Waals surface area contributed by atoms with Gasteiger partial charge >= 0.3 is 6.18 Å². The van der Waals surface area contributed by atoms with Crippen LogP contribution in [0.1, 0.15) is 22.8 Å². The first-order valence-corrected chi connectivity index (χ1v) is 8.41. The summed E-state index contributed by atoms with van der Waals surface area (Å²) >= 11 is 0. The van der Waals surface area contributed by atoms with Gasteiger partial charge in [0.1, 0.15) is 11.3 Å². The molecular formula is C18H14F6N4O2. The molecule has 2 heterocycles. The number of anilines is 2. The van der Waals surface area contributed by atoms with Crippen molar-refractivity contribution in [2.24, 2.45) is 7.05 Å². The van der Waals surface area contributed by atoms with Gasteiger partial charge in [-0.1, -0.05) is 6.07 Å². The lowest BCUT2D eigenvalue weighted by Gasteiger charge is -2.14. The lowest BCUT2D eigenvalue weighted by Crippen LogP contribution is -2.12. The number of aryl methyl sites for hydroxylation is 1. The van der Waals surface area contributed by atoms with Crippen LogP contribution in [0.4, 0.5) is 38.0 Å². The molecule has 0 aliphatic rings. The van der Waals surface area contributed by atoms with Crippen LogP contribution in [0.5, 0.6) is 5.88 Å². The van der Waals surface area contributed by atoms with Crippen molar-refractivity contribution in [2.75, 3.05) is 11.9 Å². The molecule has 0 bridgehead atoms. The number of carbonyl (C=O) groups is 1. The van der Waals surface area contributed by atoms with Gasteiger partial charge in [-0.05, 0) is 25.1 Å².